The maximum atomic E-state index is 13.1. The molecule has 2 N–H and O–H groups in total. The average Bonchev–Trinajstić information content (AvgIpc) is 3.49. The summed E-state index contributed by atoms with van der Waals surface area (Å²) in [6.45, 7) is 5.27. The SMILES string of the molecule is CC(NC(=O)CN(CCn1cccn1)CC(=O)NC(C)c1ccc2ccccc2c1)c1ccc2ccccc2c1. The van der Waals surface area contributed by atoms with E-state index in [2.05, 4.69) is 64.3 Å². The molecule has 0 spiro atoms. The van der Waals surface area contributed by atoms with Crippen LogP contribution in [0.25, 0.3) is 21.5 Å². The molecule has 0 radical (unpaired) electrons. The van der Waals surface area contributed by atoms with E-state index in [9.17, 15) is 9.59 Å². The first-order valence-corrected chi connectivity index (χ1v) is 13.7. The van der Waals surface area contributed by atoms with E-state index in [1.807, 2.05) is 67.4 Å². The van der Waals surface area contributed by atoms with Crippen molar-refractivity contribution < 1.29 is 9.59 Å². The molecule has 0 fully saturated rings. The van der Waals surface area contributed by atoms with Gasteiger partial charge in [0.25, 0.3) is 0 Å². The third kappa shape index (κ3) is 6.93. The Balaban J connectivity index is 1.21. The third-order valence-corrected chi connectivity index (χ3v) is 7.24. The molecule has 1 aromatic heterocycles. The number of nitrogens with one attached hydrogen (secondary N) is 2. The second kappa shape index (κ2) is 12.6. The highest BCUT2D eigenvalue weighted by Crippen LogP contribution is 2.21. The van der Waals surface area contributed by atoms with Crippen LogP contribution in [0.2, 0.25) is 0 Å². The number of nitrogens with zero attached hydrogens (tertiary/aromatic N) is 3. The van der Waals surface area contributed by atoms with E-state index in [4.69, 9.17) is 0 Å². The molecule has 5 rings (SSSR count). The molecule has 2 atom stereocenters. The molecule has 7 heteroatoms. The molecular weight excluding hydrogens is 498 g/mol. The van der Waals surface area contributed by atoms with Crippen molar-refractivity contribution in [1.82, 2.24) is 25.3 Å². The van der Waals surface area contributed by atoms with Crippen LogP contribution in [0.15, 0.2) is 103 Å². The molecular formula is C33H35N5O2. The van der Waals surface area contributed by atoms with Crippen LogP contribution in [-0.2, 0) is 16.1 Å². The highest BCUT2D eigenvalue weighted by molar-refractivity contribution is 5.85. The minimum atomic E-state index is -0.160. The van der Waals surface area contributed by atoms with Gasteiger partial charge in [0.05, 0.1) is 31.7 Å². The monoisotopic (exact) mass is 533 g/mol. The number of hydrogen-bond acceptors (Lipinski definition) is 4. The van der Waals surface area contributed by atoms with Gasteiger partial charge in [0.2, 0.25) is 11.8 Å². The van der Waals surface area contributed by atoms with Gasteiger partial charge in [-0.25, -0.2) is 0 Å². The van der Waals surface area contributed by atoms with Gasteiger partial charge in [-0.1, -0.05) is 72.8 Å². The van der Waals surface area contributed by atoms with Gasteiger partial charge in [0.15, 0.2) is 0 Å². The Bertz CT molecular complexity index is 1500. The van der Waals surface area contributed by atoms with Crippen molar-refractivity contribution in [3.8, 4) is 0 Å². The summed E-state index contributed by atoms with van der Waals surface area (Å²) in [4.78, 5) is 28.1. The molecule has 5 aromatic rings. The normalized spacial score (nSPS) is 12.9. The Morgan fingerprint density at radius 1 is 0.725 bits per heavy atom. The van der Waals surface area contributed by atoms with E-state index in [-0.39, 0.29) is 37.0 Å². The number of rotatable bonds is 11. The van der Waals surface area contributed by atoms with Crippen LogP contribution < -0.4 is 10.6 Å². The Kier molecular flexibility index (Phi) is 8.52. The summed E-state index contributed by atoms with van der Waals surface area (Å²) in [5.74, 6) is -0.256. The largest absolute Gasteiger partial charge is 0.348 e. The highest BCUT2D eigenvalue weighted by Gasteiger charge is 2.19. The van der Waals surface area contributed by atoms with Crippen LogP contribution in [0.1, 0.15) is 37.1 Å². The molecule has 0 saturated carbocycles. The second-order valence-electron chi connectivity index (χ2n) is 10.3. The summed E-state index contributed by atoms with van der Waals surface area (Å²) in [6.07, 6.45) is 3.60. The molecule has 204 valence electrons. The third-order valence-electron chi connectivity index (χ3n) is 7.24. The average molecular weight is 534 g/mol. The van der Waals surface area contributed by atoms with Gasteiger partial charge < -0.3 is 10.6 Å². The number of fused-ring (bicyclic) bond motifs is 2. The van der Waals surface area contributed by atoms with E-state index in [0.717, 1.165) is 21.9 Å². The number of hydrogen-bond donors (Lipinski definition) is 2. The van der Waals surface area contributed by atoms with Gasteiger partial charge in [-0.05, 0) is 64.7 Å². The fraction of sp³-hybridized carbons (Fsp3) is 0.242. The topological polar surface area (TPSA) is 79.3 Å². The molecule has 7 nitrogen and oxygen atoms in total. The maximum absolute atomic E-state index is 13.1. The van der Waals surface area contributed by atoms with Crippen LogP contribution in [0.5, 0.6) is 0 Å². The van der Waals surface area contributed by atoms with Gasteiger partial charge in [-0.2, -0.15) is 5.10 Å². The van der Waals surface area contributed by atoms with Crippen molar-refractivity contribution in [3.05, 3.63) is 115 Å². The first-order chi connectivity index (χ1) is 19.4. The molecule has 0 saturated heterocycles. The van der Waals surface area contributed by atoms with Crippen molar-refractivity contribution in [2.75, 3.05) is 19.6 Å². The first kappa shape index (κ1) is 27.1. The van der Waals surface area contributed by atoms with E-state index in [0.29, 0.717) is 13.1 Å². The van der Waals surface area contributed by atoms with Gasteiger partial charge in [-0.15, -0.1) is 0 Å². The maximum Gasteiger partial charge on any atom is 0.234 e. The molecule has 1 heterocycles. The number of carbonyl (C=O) groups excluding carboxylic acids is 2. The van der Waals surface area contributed by atoms with Crippen LogP contribution in [0.3, 0.4) is 0 Å². The highest BCUT2D eigenvalue weighted by atomic mass is 16.2. The molecule has 2 amide bonds. The molecule has 40 heavy (non-hydrogen) atoms. The van der Waals surface area contributed by atoms with Gasteiger partial charge in [0.1, 0.15) is 0 Å². The smallest absolute Gasteiger partial charge is 0.234 e. The van der Waals surface area contributed by atoms with Crippen LogP contribution in [0, 0.1) is 0 Å². The van der Waals surface area contributed by atoms with Crippen LogP contribution >= 0.6 is 0 Å². The summed E-state index contributed by atoms with van der Waals surface area (Å²) in [5.41, 5.74) is 2.08. The summed E-state index contributed by atoms with van der Waals surface area (Å²) in [5, 5.41) is 15.1. The van der Waals surface area contributed by atoms with Gasteiger partial charge >= 0.3 is 0 Å². The van der Waals surface area contributed by atoms with Crippen molar-refractivity contribution >= 4 is 33.4 Å². The number of carbonyl (C=O) groups is 2. The Labute approximate surface area is 234 Å². The summed E-state index contributed by atoms with van der Waals surface area (Å²) >= 11 is 0. The quantitative estimate of drug-likeness (QED) is 0.243. The molecule has 0 aliphatic carbocycles. The number of aromatic nitrogens is 2. The first-order valence-electron chi connectivity index (χ1n) is 13.7. The lowest BCUT2D eigenvalue weighted by Crippen LogP contribution is -2.44. The van der Waals surface area contributed by atoms with E-state index >= 15 is 0 Å². The molecule has 2 unspecified atom stereocenters. The van der Waals surface area contributed by atoms with E-state index in [1.54, 1.807) is 10.9 Å². The van der Waals surface area contributed by atoms with Crippen LogP contribution in [-0.4, -0.2) is 46.1 Å². The Morgan fingerprint density at radius 2 is 1.23 bits per heavy atom. The minimum Gasteiger partial charge on any atom is -0.348 e. The van der Waals surface area contributed by atoms with E-state index in [1.165, 1.54) is 10.8 Å². The predicted octanol–water partition coefficient (Wildman–Crippen LogP) is 5.25. The Morgan fingerprint density at radius 3 is 1.70 bits per heavy atom. The van der Waals surface area contributed by atoms with Crippen molar-refractivity contribution in [2.24, 2.45) is 0 Å². The zero-order valence-corrected chi connectivity index (χ0v) is 23.0. The zero-order chi connectivity index (χ0) is 27.9. The van der Waals surface area contributed by atoms with E-state index < -0.39 is 0 Å². The molecule has 0 aliphatic rings. The lowest BCUT2D eigenvalue weighted by atomic mass is 10.0. The lowest BCUT2D eigenvalue weighted by molar-refractivity contribution is -0.125. The van der Waals surface area contributed by atoms with Gasteiger partial charge in [0, 0.05) is 18.9 Å². The lowest BCUT2D eigenvalue weighted by Gasteiger charge is -2.24. The second-order valence-corrected chi connectivity index (χ2v) is 10.3. The fourth-order valence-electron chi connectivity index (χ4n) is 4.99. The van der Waals surface area contributed by atoms with Crippen molar-refractivity contribution in [3.63, 3.8) is 0 Å². The zero-order valence-electron chi connectivity index (χ0n) is 23.0. The van der Waals surface area contributed by atoms with Gasteiger partial charge in [-0.3, -0.25) is 19.2 Å². The summed E-state index contributed by atoms with van der Waals surface area (Å²) < 4.78 is 1.80. The standard InChI is InChI=1S/C33H35N5O2/c1-24(28-14-12-26-8-3-5-10-30(26)20-28)35-32(39)22-37(18-19-38-17-7-16-34-38)23-33(40)36-25(2)29-15-13-27-9-4-6-11-31(27)21-29/h3-17,20-21,24-25H,18-19,22-23H2,1-2H3,(H,35,39)(H,36,40). The van der Waals surface area contributed by atoms with Crippen molar-refractivity contribution in [2.45, 2.75) is 32.5 Å². The summed E-state index contributed by atoms with van der Waals surface area (Å²) in [7, 11) is 0. The van der Waals surface area contributed by atoms with Crippen molar-refractivity contribution in [1.29, 1.82) is 0 Å². The summed E-state index contributed by atoms with van der Waals surface area (Å²) in [6, 6.07) is 30.4. The number of benzene rings is 4. The number of amides is 2. The minimum absolute atomic E-state index is 0.108. The predicted molar refractivity (Wildman–Crippen MR) is 160 cm³/mol. The van der Waals surface area contributed by atoms with Crippen LogP contribution in [0.4, 0.5) is 0 Å². The fourth-order valence-corrected chi connectivity index (χ4v) is 4.99. The molecule has 0 aliphatic heterocycles. The molecule has 4 aromatic carbocycles. The Hall–Kier alpha value is -4.49. The molecule has 0 bridgehead atoms.